The van der Waals surface area contributed by atoms with Crippen LogP contribution in [0.2, 0.25) is 5.02 Å². The number of rotatable bonds is 8. The van der Waals surface area contributed by atoms with Crippen molar-refractivity contribution in [2.45, 2.75) is 68.6 Å². The molecule has 1 heterocycles. The van der Waals surface area contributed by atoms with Gasteiger partial charge in [-0.1, -0.05) is 23.7 Å². The summed E-state index contributed by atoms with van der Waals surface area (Å²) in [5.74, 6) is 0.146. The van der Waals surface area contributed by atoms with E-state index in [1.807, 2.05) is 12.1 Å². The molecular weight excluding hydrogens is 576 g/mol. The minimum atomic E-state index is -3.57. The van der Waals surface area contributed by atoms with E-state index in [4.69, 9.17) is 21.5 Å². The van der Waals surface area contributed by atoms with Crippen LogP contribution in [0.15, 0.2) is 48.0 Å². The number of hydrogen-bond donors (Lipinski definition) is 3. The first-order valence-corrected chi connectivity index (χ1v) is 16.9. The second kappa shape index (κ2) is 11.2. The Morgan fingerprint density at radius 3 is 2.71 bits per heavy atom. The molecule has 2 aromatic carbocycles. The van der Waals surface area contributed by atoms with E-state index in [1.165, 1.54) is 11.1 Å². The number of primary sulfonamides is 1. The van der Waals surface area contributed by atoms with Crippen LogP contribution in [0.5, 0.6) is 5.75 Å². The molecule has 0 saturated heterocycles. The van der Waals surface area contributed by atoms with Gasteiger partial charge >= 0.3 is 5.97 Å². The number of aliphatic hydroxyl groups is 1. The molecule has 226 valence electrons. The monoisotopic (exact) mass is 614 g/mol. The van der Waals surface area contributed by atoms with Gasteiger partial charge in [-0.25, -0.2) is 18.4 Å². The fraction of sp³-hybridized carbons (Fsp3) is 0.531. The number of aliphatic hydroxyl groups excluding tert-OH is 1. The molecule has 2 aromatic rings. The fourth-order valence-corrected chi connectivity index (χ4v) is 8.26. The van der Waals surface area contributed by atoms with Crippen molar-refractivity contribution >= 4 is 33.3 Å². The minimum Gasteiger partial charge on any atom is -0.490 e. The number of hydrogen-bond acceptors (Lipinski definition) is 6. The molecule has 0 bridgehead atoms. The third kappa shape index (κ3) is 5.56. The Kier molecular flexibility index (Phi) is 7.83. The molecule has 3 aliphatic carbocycles. The number of fused-ring (bicyclic) bond motifs is 3. The molecule has 6 rings (SSSR count). The van der Waals surface area contributed by atoms with Crippen LogP contribution >= 0.6 is 11.6 Å². The van der Waals surface area contributed by atoms with Gasteiger partial charge in [0.25, 0.3) is 0 Å². The highest BCUT2D eigenvalue weighted by atomic mass is 35.5. The van der Waals surface area contributed by atoms with Gasteiger partial charge in [0.1, 0.15) is 5.75 Å². The molecule has 42 heavy (non-hydrogen) atoms. The van der Waals surface area contributed by atoms with E-state index in [0.717, 1.165) is 48.4 Å². The molecule has 10 heteroatoms. The summed E-state index contributed by atoms with van der Waals surface area (Å²) in [6.07, 6.45) is 7.45. The van der Waals surface area contributed by atoms with Crippen LogP contribution in [0.25, 0.3) is 0 Å². The molecule has 4 N–H and O–H groups in total. The molecule has 1 spiro atoms. The number of nitrogens with zero attached hydrogens (tertiary/aromatic N) is 1. The summed E-state index contributed by atoms with van der Waals surface area (Å²) in [5, 5.41) is 26.5. The largest absolute Gasteiger partial charge is 0.490 e. The number of sulfonamides is 1. The minimum absolute atomic E-state index is 0.0940. The van der Waals surface area contributed by atoms with Crippen LogP contribution in [-0.2, 0) is 21.9 Å². The summed E-state index contributed by atoms with van der Waals surface area (Å²) in [5.41, 5.74) is 4.22. The fourth-order valence-electron chi connectivity index (χ4n) is 7.55. The topological polar surface area (TPSA) is 130 Å². The Bertz CT molecular complexity index is 1530. The van der Waals surface area contributed by atoms with Crippen molar-refractivity contribution in [2.24, 2.45) is 22.9 Å². The molecule has 0 aromatic heterocycles. The molecular formula is C32H39ClN2O6S. The van der Waals surface area contributed by atoms with E-state index in [2.05, 4.69) is 17.0 Å². The molecule has 1 fully saturated rings. The summed E-state index contributed by atoms with van der Waals surface area (Å²) in [6, 6.07) is 11.2. The first kappa shape index (κ1) is 29.5. The molecule has 2 unspecified atom stereocenters. The summed E-state index contributed by atoms with van der Waals surface area (Å²) in [4.78, 5) is 14.2. The zero-order valence-corrected chi connectivity index (χ0v) is 25.4. The molecule has 0 radical (unpaired) electrons. The van der Waals surface area contributed by atoms with Gasteiger partial charge in [0, 0.05) is 23.5 Å². The van der Waals surface area contributed by atoms with Crippen molar-refractivity contribution in [1.82, 2.24) is 0 Å². The second-order valence-corrected chi connectivity index (χ2v) is 15.3. The van der Waals surface area contributed by atoms with Crippen molar-refractivity contribution in [3.8, 4) is 5.75 Å². The van der Waals surface area contributed by atoms with E-state index in [-0.39, 0.29) is 28.7 Å². The van der Waals surface area contributed by atoms with Crippen molar-refractivity contribution in [2.75, 3.05) is 24.6 Å². The lowest BCUT2D eigenvalue weighted by Gasteiger charge is -2.47. The normalized spacial score (nSPS) is 28.2. The van der Waals surface area contributed by atoms with Gasteiger partial charge in [-0.3, -0.25) is 0 Å². The lowest BCUT2D eigenvalue weighted by atomic mass is 9.65. The number of halogens is 1. The predicted octanol–water partition coefficient (Wildman–Crippen LogP) is 4.91. The quantitative estimate of drug-likeness (QED) is 0.360. The van der Waals surface area contributed by atoms with Gasteiger partial charge in [-0.2, -0.15) is 0 Å². The number of carboxylic acid groups (broad SMARTS) is 1. The van der Waals surface area contributed by atoms with E-state index in [9.17, 15) is 23.4 Å². The van der Waals surface area contributed by atoms with Gasteiger partial charge in [0.05, 0.1) is 29.2 Å². The Morgan fingerprint density at radius 2 is 2.02 bits per heavy atom. The maximum atomic E-state index is 11.9. The van der Waals surface area contributed by atoms with Crippen LogP contribution in [0, 0.1) is 17.8 Å². The SMILES string of the molecule is CC(CC1C=C([C@@H](O)[C@@H]2CC[C@H]2CN2C[C@@]3(CCCc4cc(Cl)ccc43)COc3ccc(C(=O)O)cc32)C1)S(N)(=O)=O. The maximum absolute atomic E-state index is 11.9. The van der Waals surface area contributed by atoms with Crippen molar-refractivity contribution < 1.29 is 28.2 Å². The highest BCUT2D eigenvalue weighted by Crippen LogP contribution is 2.48. The number of nitrogens with two attached hydrogens (primary N) is 1. The number of aromatic carboxylic acids is 1. The zero-order valence-electron chi connectivity index (χ0n) is 23.8. The number of carboxylic acids is 1. The third-order valence-electron chi connectivity index (χ3n) is 10.1. The second-order valence-electron chi connectivity index (χ2n) is 12.9. The van der Waals surface area contributed by atoms with E-state index in [1.54, 1.807) is 25.1 Å². The summed E-state index contributed by atoms with van der Waals surface area (Å²) in [6.45, 7) is 3.50. The zero-order chi connectivity index (χ0) is 29.8. The number of benzene rings is 2. The Labute approximate surface area is 252 Å². The molecule has 1 aliphatic heterocycles. The van der Waals surface area contributed by atoms with Crippen LogP contribution in [0.3, 0.4) is 0 Å². The van der Waals surface area contributed by atoms with Gasteiger partial charge < -0.3 is 19.8 Å². The Morgan fingerprint density at radius 1 is 1.24 bits per heavy atom. The van der Waals surface area contributed by atoms with E-state index in [0.29, 0.717) is 38.3 Å². The van der Waals surface area contributed by atoms with Crippen molar-refractivity contribution in [3.63, 3.8) is 0 Å². The summed E-state index contributed by atoms with van der Waals surface area (Å²) >= 11 is 6.36. The summed E-state index contributed by atoms with van der Waals surface area (Å²) in [7, 11) is -3.57. The Balaban J connectivity index is 1.25. The third-order valence-corrected chi connectivity index (χ3v) is 11.7. The number of carbonyl (C=O) groups is 1. The average Bonchev–Trinajstić information content (AvgIpc) is 3.04. The van der Waals surface area contributed by atoms with Gasteiger partial charge in [0.2, 0.25) is 10.0 Å². The molecule has 8 nitrogen and oxygen atoms in total. The standard InChI is InChI=1S/C32H39ClN2O6S/c1-19(42(34,39)40)11-20-12-24(13-20)30(36)26-7-4-23(26)16-35-17-32(10-2-3-21-14-25(33)6-8-27(21)32)18-41-29-9-5-22(31(37)38)15-28(29)35/h5-6,8-9,12,14-15,19-20,23,26,30,36H,2-4,7,10-11,13,16-18H2,1H3,(H,37,38)(H2,34,39,40)/t19?,20?,23-,26+,30+,32-/m0/s1. The lowest BCUT2D eigenvalue weighted by molar-refractivity contribution is 0.0320. The van der Waals surface area contributed by atoms with Crippen molar-refractivity contribution in [3.05, 3.63) is 69.8 Å². The molecule has 1 saturated carbocycles. The van der Waals surface area contributed by atoms with E-state index >= 15 is 0 Å². The smallest absolute Gasteiger partial charge is 0.335 e. The first-order chi connectivity index (χ1) is 19.9. The highest BCUT2D eigenvalue weighted by Gasteiger charge is 2.45. The molecule has 4 aliphatic rings. The van der Waals surface area contributed by atoms with Crippen LogP contribution in [0.4, 0.5) is 5.69 Å². The molecule has 0 amide bonds. The number of ether oxygens (including phenoxy) is 1. The van der Waals surface area contributed by atoms with Crippen molar-refractivity contribution in [1.29, 1.82) is 0 Å². The van der Waals surface area contributed by atoms with Gasteiger partial charge in [-0.15, -0.1) is 0 Å². The van der Waals surface area contributed by atoms with E-state index < -0.39 is 27.3 Å². The molecule has 6 atom stereocenters. The van der Waals surface area contributed by atoms with Gasteiger partial charge in [0.15, 0.2) is 0 Å². The summed E-state index contributed by atoms with van der Waals surface area (Å²) < 4.78 is 29.7. The number of allylic oxidation sites excluding steroid dienone is 1. The maximum Gasteiger partial charge on any atom is 0.335 e. The van der Waals surface area contributed by atoms with Crippen LogP contribution in [0.1, 0.15) is 66.9 Å². The highest BCUT2D eigenvalue weighted by molar-refractivity contribution is 7.89. The first-order valence-electron chi connectivity index (χ1n) is 14.9. The number of aryl methyl sites for hydroxylation is 1. The van der Waals surface area contributed by atoms with Crippen LogP contribution < -0.4 is 14.8 Å². The lowest BCUT2D eigenvalue weighted by Crippen LogP contribution is -2.50. The van der Waals surface area contributed by atoms with Crippen LogP contribution in [-0.4, -0.2) is 55.7 Å². The predicted molar refractivity (Wildman–Crippen MR) is 163 cm³/mol. The van der Waals surface area contributed by atoms with Gasteiger partial charge in [-0.05, 0) is 117 Å². The Hall–Kier alpha value is -2.59. The average molecular weight is 615 g/mol. The number of anilines is 1.